The zero-order chi connectivity index (χ0) is 15.0. The third-order valence-corrected chi connectivity index (χ3v) is 3.84. The normalized spacial score (nSPS) is 15.2. The van der Waals surface area contributed by atoms with Crippen molar-refractivity contribution in [3.8, 4) is 11.8 Å². The number of nitriles is 1. The lowest BCUT2D eigenvalue weighted by molar-refractivity contribution is 0.0821. The number of hydrogen-bond donors (Lipinski definition) is 2. The number of hydrogen-bond acceptors (Lipinski definition) is 5. The molecule has 110 valence electrons. The van der Waals surface area contributed by atoms with Crippen LogP contribution in [0.1, 0.15) is 25.5 Å². The Bertz CT molecular complexity index is 440. The van der Waals surface area contributed by atoms with E-state index >= 15 is 0 Å². The molecule has 2 atom stereocenters. The maximum Gasteiger partial charge on any atom is 0.174 e. The van der Waals surface area contributed by atoms with Crippen LogP contribution in [0.3, 0.4) is 0 Å². The quantitative estimate of drug-likeness (QED) is 0.770. The molecule has 0 aromatic heterocycles. The Balaban J connectivity index is 2.51. The number of thioether (sulfide) groups is 1. The fourth-order valence-electron chi connectivity index (χ4n) is 1.82. The van der Waals surface area contributed by atoms with Gasteiger partial charge in [-0.15, -0.1) is 0 Å². The van der Waals surface area contributed by atoms with E-state index in [2.05, 4.69) is 12.2 Å². The van der Waals surface area contributed by atoms with Gasteiger partial charge in [-0.25, -0.2) is 0 Å². The van der Waals surface area contributed by atoms with Gasteiger partial charge in [0.05, 0.1) is 5.60 Å². The van der Waals surface area contributed by atoms with Crippen LogP contribution in [0.4, 0.5) is 0 Å². The van der Waals surface area contributed by atoms with Gasteiger partial charge in [-0.2, -0.15) is 17.0 Å². The molecule has 2 unspecified atom stereocenters. The highest BCUT2D eigenvalue weighted by Crippen LogP contribution is 2.18. The van der Waals surface area contributed by atoms with Gasteiger partial charge in [-0.05, 0) is 37.8 Å². The number of nitrogens with one attached hydrogen (secondary N) is 1. The molecule has 1 rings (SSSR count). The highest BCUT2D eigenvalue weighted by molar-refractivity contribution is 7.98. The number of aliphatic hydroxyl groups is 1. The third-order valence-electron chi connectivity index (χ3n) is 2.93. The summed E-state index contributed by atoms with van der Waals surface area (Å²) in [6.07, 6.45) is 1.98. The van der Waals surface area contributed by atoms with Crippen LogP contribution in [-0.2, 0) is 0 Å². The number of ether oxygens (including phenoxy) is 1. The summed E-state index contributed by atoms with van der Waals surface area (Å²) in [6, 6.07) is 9.72. The van der Waals surface area contributed by atoms with Gasteiger partial charge in [0.1, 0.15) is 11.8 Å². The molecular weight excluding hydrogens is 272 g/mol. The lowest BCUT2D eigenvalue weighted by Gasteiger charge is -2.25. The Kier molecular flexibility index (Phi) is 6.86. The first-order valence-corrected chi connectivity index (χ1v) is 7.92. The maximum atomic E-state index is 10.1. The summed E-state index contributed by atoms with van der Waals surface area (Å²) in [6.45, 7) is 4.49. The minimum Gasteiger partial charge on any atom is -0.479 e. The topological polar surface area (TPSA) is 65.3 Å². The minimum atomic E-state index is -0.705. The van der Waals surface area contributed by atoms with Crippen molar-refractivity contribution in [2.75, 3.05) is 25.2 Å². The number of nitrogens with zero attached hydrogens (tertiary/aromatic N) is 1. The molecule has 1 aromatic carbocycles. The Morgan fingerprint density at radius 3 is 2.65 bits per heavy atom. The largest absolute Gasteiger partial charge is 0.479 e. The molecule has 5 heteroatoms. The second-order valence-electron chi connectivity index (χ2n) is 5.05. The monoisotopic (exact) mass is 294 g/mol. The highest BCUT2D eigenvalue weighted by Gasteiger charge is 2.20. The van der Waals surface area contributed by atoms with Crippen molar-refractivity contribution in [3.63, 3.8) is 0 Å². The molecule has 0 fully saturated rings. The predicted octanol–water partition coefficient (Wildman–Crippen LogP) is 2.35. The van der Waals surface area contributed by atoms with Crippen molar-refractivity contribution in [1.29, 1.82) is 5.26 Å². The first-order valence-electron chi connectivity index (χ1n) is 6.53. The molecule has 0 bridgehead atoms. The minimum absolute atomic E-state index is 0.0602. The molecule has 2 N–H and O–H groups in total. The van der Waals surface area contributed by atoms with Crippen molar-refractivity contribution >= 4 is 11.8 Å². The van der Waals surface area contributed by atoms with Gasteiger partial charge in [0, 0.05) is 18.3 Å². The predicted molar refractivity (Wildman–Crippen MR) is 83.0 cm³/mol. The molecule has 4 nitrogen and oxygen atoms in total. The molecule has 0 saturated heterocycles. The summed E-state index contributed by atoms with van der Waals surface area (Å²) in [4.78, 5) is 0. The SMILES string of the molecule is CSCC(C)(O)CNC(C)c1ccc(OCC#N)cc1. The fourth-order valence-corrected chi connectivity index (χ4v) is 2.55. The molecule has 0 aliphatic heterocycles. The van der Waals surface area contributed by atoms with Crippen LogP contribution in [0.2, 0.25) is 0 Å². The van der Waals surface area contributed by atoms with E-state index in [9.17, 15) is 5.11 Å². The van der Waals surface area contributed by atoms with Crippen molar-refractivity contribution in [2.24, 2.45) is 0 Å². The van der Waals surface area contributed by atoms with Crippen LogP contribution < -0.4 is 10.1 Å². The average Bonchev–Trinajstić information content (AvgIpc) is 2.43. The summed E-state index contributed by atoms with van der Waals surface area (Å²) in [5.74, 6) is 1.39. The van der Waals surface area contributed by atoms with E-state index in [-0.39, 0.29) is 12.6 Å². The summed E-state index contributed by atoms with van der Waals surface area (Å²) in [5, 5.41) is 21.9. The first-order chi connectivity index (χ1) is 9.48. The van der Waals surface area contributed by atoms with Crippen molar-refractivity contribution in [1.82, 2.24) is 5.32 Å². The van der Waals surface area contributed by atoms with Crippen molar-refractivity contribution in [3.05, 3.63) is 29.8 Å². The standard InChI is InChI=1S/C15H22N2O2S/c1-12(17-10-15(2,18)11-20-3)13-4-6-14(7-5-13)19-9-8-16/h4-7,12,17-18H,9-11H2,1-3H3. The lowest BCUT2D eigenvalue weighted by Crippen LogP contribution is -2.40. The fraction of sp³-hybridized carbons (Fsp3) is 0.533. The molecule has 0 spiro atoms. The van der Waals surface area contributed by atoms with Gasteiger partial charge in [-0.1, -0.05) is 12.1 Å². The van der Waals surface area contributed by atoms with Gasteiger partial charge < -0.3 is 15.2 Å². The van der Waals surface area contributed by atoms with Crippen LogP contribution in [0.5, 0.6) is 5.75 Å². The molecule has 0 aliphatic rings. The lowest BCUT2D eigenvalue weighted by atomic mass is 10.1. The van der Waals surface area contributed by atoms with E-state index in [0.29, 0.717) is 18.0 Å². The Hall–Kier alpha value is -1.22. The summed E-state index contributed by atoms with van der Waals surface area (Å²) >= 11 is 1.63. The first kappa shape index (κ1) is 16.8. The highest BCUT2D eigenvalue weighted by atomic mass is 32.2. The molecule has 0 amide bonds. The molecule has 0 heterocycles. The van der Waals surface area contributed by atoms with Crippen molar-refractivity contribution in [2.45, 2.75) is 25.5 Å². The molecular formula is C15H22N2O2S. The molecule has 0 radical (unpaired) electrons. The van der Waals surface area contributed by atoms with Gasteiger partial charge in [0.15, 0.2) is 6.61 Å². The number of benzene rings is 1. The van der Waals surface area contributed by atoms with E-state index in [1.165, 1.54) is 0 Å². The summed E-state index contributed by atoms with van der Waals surface area (Å²) < 4.78 is 5.21. The molecule has 0 saturated carbocycles. The zero-order valence-electron chi connectivity index (χ0n) is 12.2. The third kappa shape index (κ3) is 5.83. The summed E-state index contributed by atoms with van der Waals surface area (Å²) in [5.41, 5.74) is 0.415. The maximum absolute atomic E-state index is 10.1. The second-order valence-corrected chi connectivity index (χ2v) is 5.91. The Morgan fingerprint density at radius 1 is 1.45 bits per heavy atom. The molecule has 1 aromatic rings. The van der Waals surface area contributed by atoms with Crippen LogP contribution in [-0.4, -0.2) is 35.9 Å². The van der Waals surface area contributed by atoms with E-state index in [1.807, 2.05) is 43.5 Å². The average molecular weight is 294 g/mol. The van der Waals surface area contributed by atoms with Gasteiger partial charge >= 0.3 is 0 Å². The van der Waals surface area contributed by atoms with E-state index < -0.39 is 5.60 Å². The van der Waals surface area contributed by atoms with Crippen LogP contribution in [0.15, 0.2) is 24.3 Å². The van der Waals surface area contributed by atoms with E-state index in [4.69, 9.17) is 10.00 Å². The Labute approximate surface area is 125 Å². The van der Waals surface area contributed by atoms with Crippen molar-refractivity contribution < 1.29 is 9.84 Å². The zero-order valence-corrected chi connectivity index (χ0v) is 13.0. The molecule has 20 heavy (non-hydrogen) atoms. The van der Waals surface area contributed by atoms with E-state index in [1.54, 1.807) is 11.8 Å². The van der Waals surface area contributed by atoms with Gasteiger partial charge in [0.2, 0.25) is 0 Å². The smallest absolute Gasteiger partial charge is 0.174 e. The Morgan fingerprint density at radius 2 is 2.10 bits per heavy atom. The summed E-state index contributed by atoms with van der Waals surface area (Å²) in [7, 11) is 0. The van der Waals surface area contributed by atoms with Crippen LogP contribution in [0, 0.1) is 11.3 Å². The number of rotatable bonds is 8. The second kappa shape index (κ2) is 8.15. The van der Waals surface area contributed by atoms with Crippen LogP contribution >= 0.6 is 11.8 Å². The van der Waals surface area contributed by atoms with E-state index in [0.717, 1.165) is 5.56 Å². The molecule has 0 aliphatic carbocycles. The van der Waals surface area contributed by atoms with Gasteiger partial charge in [0.25, 0.3) is 0 Å². The van der Waals surface area contributed by atoms with Crippen LogP contribution in [0.25, 0.3) is 0 Å². The van der Waals surface area contributed by atoms with Gasteiger partial charge in [-0.3, -0.25) is 0 Å².